The second-order valence-corrected chi connectivity index (χ2v) is 5.73. The van der Waals surface area contributed by atoms with Crippen molar-refractivity contribution in [1.82, 2.24) is 0 Å². The largest absolute Gasteiger partial charge is 0.481 e. The second-order valence-electron chi connectivity index (χ2n) is 4.86. The van der Waals surface area contributed by atoms with Gasteiger partial charge in [0.25, 0.3) is 0 Å². The van der Waals surface area contributed by atoms with E-state index in [0.29, 0.717) is 28.5 Å². The molecule has 1 aromatic carbocycles. The van der Waals surface area contributed by atoms with Crippen LogP contribution in [0.25, 0.3) is 0 Å². The van der Waals surface area contributed by atoms with Gasteiger partial charge in [-0.25, -0.2) is 0 Å². The van der Waals surface area contributed by atoms with Crippen LogP contribution in [0.15, 0.2) is 18.2 Å². The molecular weight excluding hydrogens is 287 g/mol. The quantitative estimate of drug-likeness (QED) is 0.856. The molecule has 0 saturated heterocycles. The molecule has 1 aromatic rings. The summed E-state index contributed by atoms with van der Waals surface area (Å²) in [6.45, 7) is 0. The average molecular weight is 301 g/mol. The van der Waals surface area contributed by atoms with Crippen molar-refractivity contribution in [2.75, 3.05) is 0 Å². The minimum absolute atomic E-state index is 0.170. The van der Waals surface area contributed by atoms with Gasteiger partial charge in [-0.3, -0.25) is 9.59 Å². The molecule has 0 radical (unpaired) electrons. The zero-order chi connectivity index (χ0) is 14.0. The summed E-state index contributed by atoms with van der Waals surface area (Å²) in [6.07, 6.45) is 2.91. The van der Waals surface area contributed by atoms with Gasteiger partial charge in [-0.1, -0.05) is 36.0 Å². The van der Waals surface area contributed by atoms with Crippen molar-refractivity contribution in [2.45, 2.75) is 25.7 Å². The Morgan fingerprint density at radius 1 is 1.00 bits per heavy atom. The summed E-state index contributed by atoms with van der Waals surface area (Å²) >= 11 is 11.8. The Kier molecular flexibility index (Phi) is 4.48. The zero-order valence-corrected chi connectivity index (χ0v) is 11.7. The summed E-state index contributed by atoms with van der Waals surface area (Å²) < 4.78 is 0. The molecule has 3 nitrogen and oxygen atoms in total. The summed E-state index contributed by atoms with van der Waals surface area (Å²) in [5, 5.41) is 9.98. The molecule has 5 heteroatoms. The van der Waals surface area contributed by atoms with Gasteiger partial charge in [0, 0.05) is 21.5 Å². The minimum atomic E-state index is -0.897. The molecule has 1 aliphatic rings. The lowest BCUT2D eigenvalue weighted by atomic mass is 9.75. The molecule has 102 valence electrons. The normalized spacial score (nSPS) is 23.1. The van der Waals surface area contributed by atoms with E-state index < -0.39 is 17.8 Å². The highest BCUT2D eigenvalue weighted by molar-refractivity contribution is 6.35. The van der Waals surface area contributed by atoms with Crippen LogP contribution in [-0.2, 0) is 4.79 Å². The maximum atomic E-state index is 12.4. The number of carboxylic acid groups (broad SMARTS) is 1. The number of carbonyl (C=O) groups excluding carboxylic acids is 1. The fourth-order valence-corrected chi connectivity index (χ4v) is 3.18. The molecule has 1 N–H and O–H groups in total. The molecule has 1 aliphatic carbocycles. The topological polar surface area (TPSA) is 54.4 Å². The lowest BCUT2D eigenvalue weighted by molar-refractivity contribution is -0.144. The zero-order valence-electron chi connectivity index (χ0n) is 10.2. The number of hydrogen-bond donors (Lipinski definition) is 1. The van der Waals surface area contributed by atoms with E-state index in [1.54, 1.807) is 18.2 Å². The van der Waals surface area contributed by atoms with E-state index in [1.807, 2.05) is 0 Å². The molecule has 1 saturated carbocycles. The molecule has 2 rings (SSSR count). The average Bonchev–Trinajstić information content (AvgIpc) is 2.36. The van der Waals surface area contributed by atoms with Crippen LogP contribution in [-0.4, -0.2) is 16.9 Å². The standard InChI is InChI=1S/C14H14Cl2O3/c15-9-5-8(6-10(16)7-9)13(17)11-3-1-2-4-12(11)14(18)19/h5-7,11-12H,1-4H2,(H,18,19)/t11-,12+/m0/s1. The number of benzene rings is 1. The first kappa shape index (κ1) is 14.4. The Morgan fingerprint density at radius 3 is 2.05 bits per heavy atom. The van der Waals surface area contributed by atoms with Gasteiger partial charge in [0.2, 0.25) is 0 Å². The van der Waals surface area contributed by atoms with Crippen molar-refractivity contribution >= 4 is 35.0 Å². The van der Waals surface area contributed by atoms with E-state index in [4.69, 9.17) is 23.2 Å². The Labute approximate surface area is 121 Å². The highest BCUT2D eigenvalue weighted by atomic mass is 35.5. The summed E-state index contributed by atoms with van der Waals surface area (Å²) in [7, 11) is 0. The van der Waals surface area contributed by atoms with E-state index in [-0.39, 0.29) is 5.78 Å². The van der Waals surface area contributed by atoms with E-state index in [0.717, 1.165) is 12.8 Å². The van der Waals surface area contributed by atoms with Crippen molar-refractivity contribution in [3.63, 3.8) is 0 Å². The number of halogens is 2. The molecule has 0 spiro atoms. The van der Waals surface area contributed by atoms with Crippen LogP contribution in [0.5, 0.6) is 0 Å². The van der Waals surface area contributed by atoms with E-state index in [1.165, 1.54) is 0 Å². The Balaban J connectivity index is 2.28. The van der Waals surface area contributed by atoms with Crippen LogP contribution < -0.4 is 0 Å². The summed E-state index contributed by atoms with van der Waals surface area (Å²) in [4.78, 5) is 23.7. The number of hydrogen-bond acceptors (Lipinski definition) is 2. The second kappa shape index (κ2) is 5.93. The molecule has 0 aromatic heterocycles. The minimum Gasteiger partial charge on any atom is -0.481 e. The monoisotopic (exact) mass is 300 g/mol. The van der Waals surface area contributed by atoms with E-state index >= 15 is 0 Å². The van der Waals surface area contributed by atoms with Crippen LogP contribution in [0.1, 0.15) is 36.0 Å². The van der Waals surface area contributed by atoms with Gasteiger partial charge in [-0.15, -0.1) is 0 Å². The first-order chi connectivity index (χ1) is 8.99. The molecule has 0 heterocycles. The molecule has 1 fully saturated rings. The number of ketones is 1. The first-order valence-corrected chi connectivity index (χ1v) is 6.97. The molecule has 0 aliphatic heterocycles. The highest BCUT2D eigenvalue weighted by Gasteiger charge is 2.36. The van der Waals surface area contributed by atoms with Gasteiger partial charge in [0.05, 0.1) is 5.92 Å². The van der Waals surface area contributed by atoms with E-state index in [9.17, 15) is 14.7 Å². The van der Waals surface area contributed by atoms with Crippen molar-refractivity contribution in [2.24, 2.45) is 11.8 Å². The summed E-state index contributed by atoms with van der Waals surface area (Å²) in [5.74, 6) is -2.14. The van der Waals surface area contributed by atoms with Crippen LogP contribution in [0.4, 0.5) is 0 Å². The number of Topliss-reactive ketones (excluding diaryl/α,β-unsaturated/α-hetero) is 1. The Bertz CT molecular complexity index is 493. The van der Waals surface area contributed by atoms with Crippen LogP contribution >= 0.6 is 23.2 Å². The van der Waals surface area contributed by atoms with E-state index in [2.05, 4.69) is 0 Å². The third-order valence-corrected chi connectivity index (χ3v) is 4.00. The molecule has 0 unspecified atom stereocenters. The highest BCUT2D eigenvalue weighted by Crippen LogP contribution is 2.33. The van der Waals surface area contributed by atoms with Crippen LogP contribution in [0.3, 0.4) is 0 Å². The molecule has 19 heavy (non-hydrogen) atoms. The van der Waals surface area contributed by atoms with Gasteiger partial charge in [0.15, 0.2) is 5.78 Å². The van der Waals surface area contributed by atoms with Crippen molar-refractivity contribution in [3.05, 3.63) is 33.8 Å². The predicted octanol–water partition coefficient (Wildman–Crippen LogP) is 4.07. The van der Waals surface area contributed by atoms with Crippen LogP contribution in [0, 0.1) is 11.8 Å². The molecule has 2 atom stereocenters. The lowest BCUT2D eigenvalue weighted by Crippen LogP contribution is -2.32. The number of carbonyl (C=O) groups is 2. The van der Waals surface area contributed by atoms with Crippen molar-refractivity contribution in [1.29, 1.82) is 0 Å². The third kappa shape index (κ3) is 3.28. The maximum Gasteiger partial charge on any atom is 0.307 e. The Hall–Kier alpha value is -1.06. The number of carboxylic acids is 1. The van der Waals surface area contributed by atoms with Crippen molar-refractivity contribution in [3.8, 4) is 0 Å². The number of rotatable bonds is 3. The van der Waals surface area contributed by atoms with Gasteiger partial charge < -0.3 is 5.11 Å². The molecule has 0 bridgehead atoms. The third-order valence-electron chi connectivity index (χ3n) is 3.57. The summed E-state index contributed by atoms with van der Waals surface area (Å²) in [6, 6.07) is 4.64. The first-order valence-electron chi connectivity index (χ1n) is 6.22. The molecular formula is C14H14Cl2O3. The lowest BCUT2D eigenvalue weighted by Gasteiger charge is -2.27. The van der Waals surface area contributed by atoms with Gasteiger partial charge in [-0.2, -0.15) is 0 Å². The SMILES string of the molecule is O=C(c1cc(Cl)cc(Cl)c1)[C@H]1CCCC[C@H]1C(=O)O. The van der Waals surface area contributed by atoms with Crippen molar-refractivity contribution < 1.29 is 14.7 Å². The van der Waals surface area contributed by atoms with Gasteiger partial charge in [0.1, 0.15) is 0 Å². The number of aliphatic carboxylic acids is 1. The van der Waals surface area contributed by atoms with Gasteiger partial charge >= 0.3 is 5.97 Å². The fraction of sp³-hybridized carbons (Fsp3) is 0.429. The fourth-order valence-electron chi connectivity index (χ4n) is 2.65. The van der Waals surface area contributed by atoms with Crippen LogP contribution in [0.2, 0.25) is 10.0 Å². The smallest absolute Gasteiger partial charge is 0.307 e. The predicted molar refractivity (Wildman–Crippen MR) is 73.9 cm³/mol. The summed E-state index contributed by atoms with van der Waals surface area (Å²) in [5.41, 5.74) is 0.399. The maximum absolute atomic E-state index is 12.4. The molecule has 0 amide bonds. The van der Waals surface area contributed by atoms with Gasteiger partial charge in [-0.05, 0) is 31.0 Å². The Morgan fingerprint density at radius 2 is 1.53 bits per heavy atom.